The lowest BCUT2D eigenvalue weighted by atomic mass is 9.93. The van der Waals surface area contributed by atoms with Crippen LogP contribution >= 0.6 is 0 Å². The minimum Gasteiger partial charge on any atom is -0.353 e. The summed E-state index contributed by atoms with van der Waals surface area (Å²) in [6.07, 6.45) is 5.10. The maximum absolute atomic E-state index is 13.4. The van der Waals surface area contributed by atoms with Gasteiger partial charge in [-0.05, 0) is 55.9 Å². The summed E-state index contributed by atoms with van der Waals surface area (Å²) >= 11 is 0. The fourth-order valence-electron chi connectivity index (χ4n) is 5.54. The molecule has 0 unspecified atom stereocenters. The van der Waals surface area contributed by atoms with E-state index in [1.54, 1.807) is 6.20 Å². The zero-order valence-electron chi connectivity index (χ0n) is 21.6. The Morgan fingerprint density at radius 1 is 0.865 bits per heavy atom. The molecule has 2 aromatic carbocycles. The van der Waals surface area contributed by atoms with Crippen LogP contribution in [-0.4, -0.2) is 58.8 Å². The number of carbonyl (C=O) groups excluding carboxylic acids is 2. The second kappa shape index (κ2) is 11.7. The van der Waals surface area contributed by atoms with Crippen LogP contribution in [0.2, 0.25) is 0 Å². The molecule has 2 aliphatic heterocycles. The van der Waals surface area contributed by atoms with E-state index in [-0.39, 0.29) is 23.8 Å². The number of hydrogen-bond donors (Lipinski definition) is 1. The zero-order chi connectivity index (χ0) is 25.6. The molecule has 1 N–H and O–H groups in total. The highest BCUT2D eigenvalue weighted by molar-refractivity contribution is 6.00. The van der Waals surface area contributed by atoms with Gasteiger partial charge in [0.25, 0.3) is 5.91 Å². The maximum Gasteiger partial charge on any atom is 0.256 e. The molecule has 2 amide bonds. The van der Waals surface area contributed by atoms with Gasteiger partial charge in [0.2, 0.25) is 5.91 Å². The number of aromatic nitrogens is 1. The topological polar surface area (TPSA) is 65.5 Å². The highest BCUT2D eigenvalue weighted by atomic mass is 16.2. The van der Waals surface area contributed by atoms with E-state index in [2.05, 4.69) is 39.5 Å². The van der Waals surface area contributed by atoms with Crippen LogP contribution in [0.3, 0.4) is 0 Å². The predicted octanol–water partition coefficient (Wildman–Crippen LogP) is 4.69. The highest BCUT2D eigenvalue weighted by Crippen LogP contribution is 2.27. The standard InChI is InChI=1S/C31H36N4O2/c1-23-8-5-6-11-27(23)29-28(12-7-17-32-29)31(37)35-20-13-25(14-21-35)30(36)33-26-15-18-34(19-16-26)22-24-9-3-2-4-10-24/h2-12,17,25-26H,13-16,18-22H2,1H3,(H,33,36). The van der Waals surface area contributed by atoms with Crippen LogP contribution in [0.4, 0.5) is 0 Å². The van der Waals surface area contributed by atoms with Crippen molar-refractivity contribution < 1.29 is 9.59 Å². The van der Waals surface area contributed by atoms with Crippen molar-refractivity contribution in [1.82, 2.24) is 20.1 Å². The average molecular weight is 497 g/mol. The Morgan fingerprint density at radius 3 is 2.30 bits per heavy atom. The lowest BCUT2D eigenvalue weighted by Gasteiger charge is -2.35. The van der Waals surface area contributed by atoms with Gasteiger partial charge in [0.1, 0.15) is 0 Å². The summed E-state index contributed by atoms with van der Waals surface area (Å²) in [5.74, 6) is 0.114. The molecule has 0 aliphatic carbocycles. The number of piperidine rings is 2. The van der Waals surface area contributed by atoms with Crippen molar-refractivity contribution in [1.29, 1.82) is 0 Å². The number of rotatable bonds is 6. The Morgan fingerprint density at radius 2 is 1.57 bits per heavy atom. The van der Waals surface area contributed by atoms with Crippen LogP contribution in [0.25, 0.3) is 11.3 Å². The Kier molecular flexibility index (Phi) is 7.95. The van der Waals surface area contributed by atoms with Crippen molar-refractivity contribution in [2.24, 2.45) is 5.92 Å². The van der Waals surface area contributed by atoms with Gasteiger partial charge in [0, 0.05) is 56.4 Å². The number of pyridine rings is 1. The molecule has 0 atom stereocenters. The molecule has 0 spiro atoms. The van der Waals surface area contributed by atoms with Crippen molar-refractivity contribution in [2.45, 2.75) is 45.2 Å². The molecule has 3 aromatic rings. The van der Waals surface area contributed by atoms with Crippen molar-refractivity contribution in [2.75, 3.05) is 26.2 Å². The molecule has 3 heterocycles. The van der Waals surface area contributed by atoms with Crippen LogP contribution in [0.5, 0.6) is 0 Å². The van der Waals surface area contributed by atoms with Gasteiger partial charge in [-0.1, -0.05) is 54.6 Å². The van der Waals surface area contributed by atoms with E-state index in [0.717, 1.165) is 49.3 Å². The summed E-state index contributed by atoms with van der Waals surface area (Å²) < 4.78 is 0. The molecule has 192 valence electrons. The van der Waals surface area contributed by atoms with E-state index in [4.69, 9.17) is 0 Å². The summed E-state index contributed by atoms with van der Waals surface area (Å²) in [4.78, 5) is 35.4. The number of nitrogens with zero attached hydrogens (tertiary/aromatic N) is 3. The molecule has 5 rings (SSSR count). The first-order chi connectivity index (χ1) is 18.1. The number of carbonyl (C=O) groups is 2. The predicted molar refractivity (Wildman–Crippen MR) is 146 cm³/mol. The number of benzene rings is 2. The van der Waals surface area contributed by atoms with E-state index in [1.807, 2.05) is 54.3 Å². The van der Waals surface area contributed by atoms with Crippen molar-refractivity contribution >= 4 is 11.8 Å². The molecule has 0 saturated carbocycles. The smallest absolute Gasteiger partial charge is 0.256 e. The first-order valence-electron chi connectivity index (χ1n) is 13.5. The molecule has 0 bridgehead atoms. The van der Waals surface area contributed by atoms with Gasteiger partial charge in [-0.3, -0.25) is 19.5 Å². The molecular weight excluding hydrogens is 460 g/mol. The minimum absolute atomic E-state index is 0.00370. The van der Waals surface area contributed by atoms with Gasteiger partial charge in [-0.25, -0.2) is 0 Å². The second-order valence-corrected chi connectivity index (χ2v) is 10.3. The van der Waals surface area contributed by atoms with Crippen molar-refractivity contribution in [3.63, 3.8) is 0 Å². The first kappa shape index (κ1) is 25.2. The number of amides is 2. The van der Waals surface area contributed by atoms with E-state index >= 15 is 0 Å². The second-order valence-electron chi connectivity index (χ2n) is 10.3. The van der Waals surface area contributed by atoms with Crippen LogP contribution in [0.1, 0.15) is 47.2 Å². The van der Waals surface area contributed by atoms with E-state index in [0.29, 0.717) is 31.5 Å². The van der Waals surface area contributed by atoms with Gasteiger partial charge in [0.15, 0.2) is 0 Å². The third kappa shape index (κ3) is 6.08. The largest absolute Gasteiger partial charge is 0.353 e. The van der Waals surface area contributed by atoms with Gasteiger partial charge < -0.3 is 10.2 Å². The van der Waals surface area contributed by atoms with Gasteiger partial charge in [-0.2, -0.15) is 0 Å². The zero-order valence-corrected chi connectivity index (χ0v) is 21.6. The Bertz CT molecular complexity index is 1210. The van der Waals surface area contributed by atoms with Gasteiger partial charge >= 0.3 is 0 Å². The third-order valence-corrected chi connectivity index (χ3v) is 7.77. The molecular formula is C31H36N4O2. The quantitative estimate of drug-likeness (QED) is 0.538. The fourth-order valence-corrected chi connectivity index (χ4v) is 5.54. The third-order valence-electron chi connectivity index (χ3n) is 7.77. The summed E-state index contributed by atoms with van der Waals surface area (Å²) in [7, 11) is 0. The number of nitrogens with one attached hydrogen (secondary N) is 1. The first-order valence-corrected chi connectivity index (χ1v) is 13.5. The minimum atomic E-state index is -0.0314. The Hall–Kier alpha value is -3.51. The van der Waals surface area contributed by atoms with Gasteiger partial charge in [0.05, 0.1) is 11.3 Å². The molecule has 6 nitrogen and oxygen atoms in total. The van der Waals surface area contributed by atoms with Crippen molar-refractivity contribution in [3.05, 3.63) is 89.6 Å². The molecule has 2 fully saturated rings. The number of likely N-dealkylation sites (tertiary alicyclic amines) is 2. The summed E-state index contributed by atoms with van der Waals surface area (Å²) in [5.41, 5.74) is 4.77. The van der Waals surface area contributed by atoms with E-state index < -0.39 is 0 Å². The van der Waals surface area contributed by atoms with Gasteiger partial charge in [-0.15, -0.1) is 0 Å². The van der Waals surface area contributed by atoms with Crippen molar-refractivity contribution in [3.8, 4) is 11.3 Å². The lowest BCUT2D eigenvalue weighted by molar-refractivity contribution is -0.127. The fraction of sp³-hybridized carbons (Fsp3) is 0.387. The highest BCUT2D eigenvalue weighted by Gasteiger charge is 2.31. The van der Waals surface area contributed by atoms with Crippen LogP contribution in [0.15, 0.2) is 72.9 Å². The van der Waals surface area contributed by atoms with E-state index in [9.17, 15) is 9.59 Å². The molecule has 2 saturated heterocycles. The maximum atomic E-state index is 13.4. The molecule has 0 radical (unpaired) electrons. The Labute approximate surface area is 219 Å². The van der Waals surface area contributed by atoms with Crippen LogP contribution < -0.4 is 5.32 Å². The summed E-state index contributed by atoms with van der Waals surface area (Å²) in [6.45, 7) is 6.19. The number of aryl methyl sites for hydroxylation is 1. The lowest BCUT2D eigenvalue weighted by Crippen LogP contribution is -2.48. The number of hydrogen-bond acceptors (Lipinski definition) is 4. The summed E-state index contributed by atoms with van der Waals surface area (Å²) in [5, 5.41) is 3.31. The molecule has 37 heavy (non-hydrogen) atoms. The van der Waals surface area contributed by atoms with E-state index in [1.165, 1.54) is 5.56 Å². The van der Waals surface area contributed by atoms with Crippen LogP contribution in [-0.2, 0) is 11.3 Å². The monoisotopic (exact) mass is 496 g/mol. The SMILES string of the molecule is Cc1ccccc1-c1ncccc1C(=O)N1CCC(C(=O)NC2CCN(Cc3ccccc3)CC2)CC1. The Balaban J connectivity index is 1.12. The molecule has 2 aliphatic rings. The van der Waals surface area contributed by atoms with Crippen LogP contribution in [0, 0.1) is 12.8 Å². The summed E-state index contributed by atoms with van der Waals surface area (Å²) in [6, 6.07) is 22.5. The average Bonchev–Trinajstić information content (AvgIpc) is 2.95. The molecule has 6 heteroatoms. The normalized spacial score (nSPS) is 17.5. The molecule has 1 aromatic heterocycles.